The van der Waals surface area contributed by atoms with Crippen LogP contribution in [0.4, 0.5) is 0 Å². The van der Waals surface area contributed by atoms with Crippen molar-refractivity contribution in [3.05, 3.63) is 175 Å². The van der Waals surface area contributed by atoms with Crippen molar-refractivity contribution in [2.45, 2.75) is 26.8 Å². The van der Waals surface area contributed by atoms with Gasteiger partial charge in [0, 0.05) is 16.8 Å². The van der Waals surface area contributed by atoms with Crippen LogP contribution in [0.2, 0.25) is 0 Å². The SMILES string of the molecule is CCOC(=O)C1=C(C)N=c2s/c(=C\c3cc(-c4ccccc4)n(-c4ccc(C)cc4)c3-c3ccccc3)c(=O)n2[C@H]1c1c(OC)ccc2ccccc12. The zero-order valence-corrected chi connectivity index (χ0v) is 30.7. The molecule has 0 bridgehead atoms. The Labute approximate surface area is 311 Å². The van der Waals surface area contributed by atoms with E-state index in [0.29, 0.717) is 31.9 Å². The standard InChI is InChI=1S/C45H37N3O4S/c1-5-52-44(50)39-29(3)46-45-48(42(39)40-35-19-13-12-14-30(35)22-25-37(40)51-4)43(49)38(53-45)27-33-26-36(31-15-8-6-9-16-31)47(34-23-20-28(2)21-24-34)41(33)32-17-10-7-11-18-32/h6-27,42H,5H2,1-4H3/b38-27-/t42-/m1/s1. The fraction of sp³-hybridized carbons (Fsp3) is 0.133. The van der Waals surface area contributed by atoms with Gasteiger partial charge < -0.3 is 14.0 Å². The van der Waals surface area contributed by atoms with Crippen LogP contribution >= 0.6 is 11.3 Å². The van der Waals surface area contributed by atoms with Gasteiger partial charge in [0.2, 0.25) is 0 Å². The van der Waals surface area contributed by atoms with E-state index in [1.165, 1.54) is 16.9 Å². The molecule has 0 saturated carbocycles. The molecule has 0 amide bonds. The van der Waals surface area contributed by atoms with Crippen LogP contribution in [-0.4, -0.2) is 28.8 Å². The molecule has 0 radical (unpaired) electrons. The van der Waals surface area contributed by atoms with Gasteiger partial charge in [-0.05, 0) is 73.0 Å². The first kappa shape index (κ1) is 33.9. The minimum Gasteiger partial charge on any atom is -0.496 e. The molecule has 0 spiro atoms. The molecule has 5 aromatic carbocycles. The Morgan fingerprint density at radius 2 is 1.53 bits per heavy atom. The van der Waals surface area contributed by atoms with Crippen molar-refractivity contribution in [1.82, 2.24) is 9.13 Å². The van der Waals surface area contributed by atoms with E-state index in [9.17, 15) is 9.59 Å². The van der Waals surface area contributed by atoms with E-state index in [1.807, 2.05) is 78.9 Å². The molecule has 262 valence electrons. The van der Waals surface area contributed by atoms with Crippen molar-refractivity contribution in [3.8, 4) is 34.0 Å². The van der Waals surface area contributed by atoms with E-state index in [0.717, 1.165) is 44.5 Å². The lowest BCUT2D eigenvalue weighted by atomic mass is 9.90. The quantitative estimate of drug-likeness (QED) is 0.148. The van der Waals surface area contributed by atoms with Crippen molar-refractivity contribution in [1.29, 1.82) is 0 Å². The minimum absolute atomic E-state index is 0.184. The molecule has 53 heavy (non-hydrogen) atoms. The van der Waals surface area contributed by atoms with E-state index in [1.54, 1.807) is 25.5 Å². The van der Waals surface area contributed by atoms with Crippen LogP contribution < -0.4 is 19.6 Å². The highest BCUT2D eigenvalue weighted by Gasteiger charge is 2.36. The summed E-state index contributed by atoms with van der Waals surface area (Å²) in [5, 5.41) is 1.83. The van der Waals surface area contributed by atoms with Gasteiger partial charge in [0.25, 0.3) is 5.56 Å². The maximum Gasteiger partial charge on any atom is 0.338 e. The molecule has 0 aliphatic carbocycles. The molecular weight excluding hydrogens is 679 g/mol. The van der Waals surface area contributed by atoms with Gasteiger partial charge in [-0.3, -0.25) is 9.36 Å². The Balaban J connectivity index is 1.43. The second kappa shape index (κ2) is 14.1. The first-order valence-corrected chi connectivity index (χ1v) is 18.4. The summed E-state index contributed by atoms with van der Waals surface area (Å²) in [4.78, 5) is 34.1. The predicted molar refractivity (Wildman–Crippen MR) is 212 cm³/mol. The predicted octanol–water partition coefficient (Wildman–Crippen LogP) is 8.39. The van der Waals surface area contributed by atoms with Gasteiger partial charge in [-0.25, -0.2) is 9.79 Å². The zero-order chi connectivity index (χ0) is 36.6. The lowest BCUT2D eigenvalue weighted by Crippen LogP contribution is -2.40. The number of methoxy groups -OCH3 is 1. The van der Waals surface area contributed by atoms with Crippen molar-refractivity contribution >= 4 is 34.2 Å². The summed E-state index contributed by atoms with van der Waals surface area (Å²) in [5.41, 5.74) is 8.30. The van der Waals surface area contributed by atoms with Crippen molar-refractivity contribution in [2.75, 3.05) is 13.7 Å². The highest BCUT2D eigenvalue weighted by atomic mass is 32.1. The smallest absolute Gasteiger partial charge is 0.338 e. The fourth-order valence-electron chi connectivity index (χ4n) is 7.26. The van der Waals surface area contributed by atoms with Gasteiger partial charge in [-0.1, -0.05) is 120 Å². The minimum atomic E-state index is -0.834. The summed E-state index contributed by atoms with van der Waals surface area (Å²) in [7, 11) is 1.60. The maximum absolute atomic E-state index is 14.9. The van der Waals surface area contributed by atoms with Crippen LogP contribution in [-0.2, 0) is 9.53 Å². The van der Waals surface area contributed by atoms with Crippen LogP contribution in [0.3, 0.4) is 0 Å². The molecule has 2 aromatic heterocycles. The van der Waals surface area contributed by atoms with Crippen LogP contribution in [0.1, 0.15) is 36.6 Å². The summed E-state index contributed by atoms with van der Waals surface area (Å²) in [6.07, 6.45) is 1.96. The van der Waals surface area contributed by atoms with Crippen molar-refractivity contribution in [2.24, 2.45) is 4.99 Å². The first-order valence-electron chi connectivity index (χ1n) is 17.6. The van der Waals surface area contributed by atoms with Crippen LogP contribution in [0.25, 0.3) is 45.1 Å². The van der Waals surface area contributed by atoms with Crippen LogP contribution in [0.15, 0.2) is 148 Å². The summed E-state index contributed by atoms with van der Waals surface area (Å²) in [6, 6.07) is 42.1. The summed E-state index contributed by atoms with van der Waals surface area (Å²) in [6.45, 7) is 5.84. The Morgan fingerprint density at radius 1 is 0.849 bits per heavy atom. The number of rotatable bonds is 8. The second-order valence-corrected chi connectivity index (χ2v) is 14.0. The molecule has 8 rings (SSSR count). The Morgan fingerprint density at radius 3 is 2.23 bits per heavy atom. The Bertz CT molecular complexity index is 2720. The largest absolute Gasteiger partial charge is 0.496 e. The molecule has 8 heteroatoms. The number of thiazole rings is 1. The number of aryl methyl sites for hydroxylation is 1. The highest BCUT2D eigenvalue weighted by Crippen LogP contribution is 2.41. The van der Waals surface area contributed by atoms with Gasteiger partial charge in [0.15, 0.2) is 4.80 Å². The molecule has 1 aliphatic heterocycles. The van der Waals surface area contributed by atoms with Gasteiger partial charge in [-0.15, -0.1) is 0 Å². The van der Waals surface area contributed by atoms with Gasteiger partial charge in [0.1, 0.15) is 11.8 Å². The number of ether oxygens (including phenoxy) is 2. The number of carbonyl (C=O) groups excluding carboxylic acids is 1. The molecule has 7 aromatic rings. The number of aromatic nitrogens is 2. The molecule has 1 aliphatic rings. The summed E-state index contributed by atoms with van der Waals surface area (Å²) < 4.78 is 15.9. The van der Waals surface area contributed by atoms with E-state index in [2.05, 4.69) is 66.1 Å². The van der Waals surface area contributed by atoms with E-state index >= 15 is 0 Å². The average molecular weight is 716 g/mol. The molecule has 3 heterocycles. The highest BCUT2D eigenvalue weighted by molar-refractivity contribution is 7.07. The summed E-state index contributed by atoms with van der Waals surface area (Å²) in [5.74, 6) is 0.0471. The summed E-state index contributed by atoms with van der Waals surface area (Å²) >= 11 is 1.31. The monoisotopic (exact) mass is 715 g/mol. The van der Waals surface area contributed by atoms with Crippen molar-refractivity contribution < 1.29 is 14.3 Å². The number of fused-ring (bicyclic) bond motifs is 2. The maximum atomic E-state index is 14.9. The number of esters is 1. The van der Waals surface area contributed by atoms with E-state index in [4.69, 9.17) is 14.5 Å². The fourth-order valence-corrected chi connectivity index (χ4v) is 8.29. The molecule has 0 unspecified atom stereocenters. The third kappa shape index (κ3) is 6.01. The second-order valence-electron chi connectivity index (χ2n) is 12.9. The molecule has 0 N–H and O–H groups in total. The number of hydrogen-bond donors (Lipinski definition) is 0. The van der Waals surface area contributed by atoms with E-state index < -0.39 is 12.0 Å². The lowest BCUT2D eigenvalue weighted by molar-refractivity contribution is -0.139. The topological polar surface area (TPSA) is 74.8 Å². The van der Waals surface area contributed by atoms with Crippen LogP contribution in [0.5, 0.6) is 5.75 Å². The molecule has 7 nitrogen and oxygen atoms in total. The third-order valence-electron chi connectivity index (χ3n) is 9.67. The number of hydrogen-bond acceptors (Lipinski definition) is 6. The molecule has 0 saturated heterocycles. The van der Waals surface area contributed by atoms with Gasteiger partial charge in [-0.2, -0.15) is 0 Å². The van der Waals surface area contributed by atoms with Crippen molar-refractivity contribution in [3.63, 3.8) is 0 Å². The van der Waals surface area contributed by atoms with Gasteiger partial charge >= 0.3 is 5.97 Å². The number of carbonyl (C=O) groups is 1. The molecule has 1 atom stereocenters. The lowest BCUT2D eigenvalue weighted by Gasteiger charge is -2.27. The van der Waals surface area contributed by atoms with Gasteiger partial charge in [0.05, 0.1) is 40.9 Å². The Hall–Kier alpha value is -6.25. The number of allylic oxidation sites excluding steroid dienone is 1. The number of nitrogens with zero attached hydrogens (tertiary/aromatic N) is 3. The normalized spacial score (nSPS) is 14.3. The Kier molecular flexibility index (Phi) is 8.98. The zero-order valence-electron chi connectivity index (χ0n) is 29.9. The van der Waals surface area contributed by atoms with Crippen LogP contribution in [0, 0.1) is 6.92 Å². The third-order valence-corrected chi connectivity index (χ3v) is 10.6. The molecular formula is C45H37N3O4S. The first-order chi connectivity index (χ1) is 25.9. The average Bonchev–Trinajstić information content (AvgIpc) is 3.71. The molecule has 0 fully saturated rings. The number of benzene rings is 5. The van der Waals surface area contributed by atoms with E-state index in [-0.39, 0.29) is 12.2 Å².